The summed E-state index contributed by atoms with van der Waals surface area (Å²) in [5.74, 6) is 1.93. The first kappa shape index (κ1) is 27.8. The highest BCUT2D eigenvalue weighted by Gasteiger charge is 2.20. The molecule has 2 heterocycles. The quantitative estimate of drug-likeness (QED) is 0.603. The summed E-state index contributed by atoms with van der Waals surface area (Å²) in [7, 11) is 1.93. The van der Waals surface area contributed by atoms with Gasteiger partial charge >= 0.3 is 0 Å². The third-order valence-electron chi connectivity index (χ3n) is 5.94. The zero-order valence-corrected chi connectivity index (χ0v) is 22.0. The topological polar surface area (TPSA) is 42.9 Å². The molecule has 0 amide bonds. The fraction of sp³-hybridized carbons (Fsp3) is 0.536. The van der Waals surface area contributed by atoms with E-state index in [0.717, 1.165) is 55.5 Å². The lowest BCUT2D eigenvalue weighted by molar-refractivity contribution is 0.252. The predicted molar refractivity (Wildman–Crippen MR) is 144 cm³/mol. The number of nitrogens with zero attached hydrogens (tertiary/aromatic N) is 3. The lowest BCUT2D eigenvalue weighted by Crippen LogP contribution is -2.42. The molecule has 0 aliphatic carbocycles. The van der Waals surface area contributed by atoms with Gasteiger partial charge in [0.25, 0.3) is 0 Å². The zero-order valence-electron chi connectivity index (χ0n) is 22.0. The van der Waals surface area contributed by atoms with Crippen LogP contribution in [-0.4, -0.2) is 61.4 Å². The number of benzene rings is 1. The van der Waals surface area contributed by atoms with Crippen molar-refractivity contribution in [3.05, 3.63) is 65.9 Å². The molecule has 0 saturated carbocycles. The molecule has 188 valence electrons. The molecule has 1 atom stereocenters. The first-order valence-electron chi connectivity index (χ1n) is 12.6. The van der Waals surface area contributed by atoms with Crippen molar-refractivity contribution in [2.75, 3.05) is 39.8 Å². The minimum Gasteiger partial charge on any atom is -0.337 e. The van der Waals surface area contributed by atoms with E-state index >= 15 is 0 Å². The summed E-state index contributed by atoms with van der Waals surface area (Å²) >= 11 is 0. The van der Waals surface area contributed by atoms with Gasteiger partial charge in [0.2, 0.25) is 0 Å². The molecule has 1 fully saturated rings. The lowest BCUT2D eigenvalue weighted by Gasteiger charge is -2.28. The van der Waals surface area contributed by atoms with E-state index in [2.05, 4.69) is 49.8 Å². The fourth-order valence-corrected chi connectivity index (χ4v) is 4.02. The summed E-state index contributed by atoms with van der Waals surface area (Å²) in [6.45, 7) is 19.6. The van der Waals surface area contributed by atoms with Crippen molar-refractivity contribution in [3.63, 3.8) is 0 Å². The fourth-order valence-electron chi connectivity index (χ4n) is 4.02. The van der Waals surface area contributed by atoms with E-state index in [1.165, 1.54) is 18.9 Å². The number of amidine groups is 1. The second-order valence-electron chi connectivity index (χ2n) is 9.43. The standard InChI is InChI=1S/C25H36FN5.C3H8/c1-6-20(21-16-19(4)8-9-22(21)26)25-29-24(10-14-30(25)5)28-12-15-31-13-7-11-27-23(17-31)18(2)3;1-3-2/h6,8-10,14,16,18,23,27H,1,7,11-13,15,17H2,2-5H3,(H,28,29);3H2,1-2H3/b25-20+;. The van der Waals surface area contributed by atoms with Gasteiger partial charge in [-0.05, 0) is 50.6 Å². The van der Waals surface area contributed by atoms with E-state index in [4.69, 9.17) is 4.99 Å². The smallest absolute Gasteiger partial charge is 0.131 e. The maximum atomic E-state index is 14.5. The third kappa shape index (κ3) is 8.10. The summed E-state index contributed by atoms with van der Waals surface area (Å²) in [5.41, 5.74) is 2.26. The van der Waals surface area contributed by atoms with Crippen molar-refractivity contribution < 1.29 is 4.39 Å². The van der Waals surface area contributed by atoms with Crippen molar-refractivity contribution in [2.45, 2.75) is 53.5 Å². The highest BCUT2D eigenvalue weighted by Crippen LogP contribution is 2.25. The van der Waals surface area contributed by atoms with Gasteiger partial charge in [-0.2, -0.15) is 0 Å². The second kappa shape index (κ2) is 14.1. The van der Waals surface area contributed by atoms with Gasteiger partial charge in [0.05, 0.1) is 6.54 Å². The van der Waals surface area contributed by atoms with Gasteiger partial charge in [-0.1, -0.05) is 58.4 Å². The SMILES string of the molecule is C=C/C(=C1/NC(=NCCN2CCCNC(C(C)C)C2)C=CN1C)c1cc(C)ccc1F.CCC. The number of allylic oxidation sites excluding steroid dienone is 2. The Hall–Kier alpha value is -2.44. The summed E-state index contributed by atoms with van der Waals surface area (Å²) in [4.78, 5) is 9.22. The number of hydrogen-bond acceptors (Lipinski definition) is 4. The van der Waals surface area contributed by atoms with E-state index < -0.39 is 0 Å². The van der Waals surface area contributed by atoms with Gasteiger partial charge in [0.15, 0.2) is 0 Å². The molecule has 1 saturated heterocycles. The minimum atomic E-state index is -0.259. The van der Waals surface area contributed by atoms with Gasteiger partial charge in [-0.15, -0.1) is 0 Å². The molecule has 0 bridgehead atoms. The number of aryl methyl sites for hydroxylation is 1. The average molecular weight is 470 g/mol. The molecule has 0 aromatic heterocycles. The Bertz CT molecular complexity index is 887. The van der Waals surface area contributed by atoms with E-state index in [0.29, 0.717) is 17.5 Å². The number of hydrogen-bond donors (Lipinski definition) is 2. The predicted octanol–water partition coefficient (Wildman–Crippen LogP) is 5.17. The molecule has 34 heavy (non-hydrogen) atoms. The van der Waals surface area contributed by atoms with Crippen LogP contribution in [0.2, 0.25) is 0 Å². The Morgan fingerprint density at radius 3 is 2.74 bits per heavy atom. The van der Waals surface area contributed by atoms with Crippen LogP contribution in [0, 0.1) is 18.7 Å². The van der Waals surface area contributed by atoms with E-state index in [1.807, 2.05) is 37.2 Å². The molecule has 0 radical (unpaired) electrons. The second-order valence-corrected chi connectivity index (χ2v) is 9.43. The van der Waals surface area contributed by atoms with Crippen LogP contribution in [0.15, 0.2) is 53.9 Å². The molecule has 2 N–H and O–H groups in total. The first-order chi connectivity index (χ1) is 16.3. The van der Waals surface area contributed by atoms with Crippen molar-refractivity contribution in [1.82, 2.24) is 20.4 Å². The highest BCUT2D eigenvalue weighted by atomic mass is 19.1. The molecule has 0 spiro atoms. The van der Waals surface area contributed by atoms with E-state index in [9.17, 15) is 4.39 Å². The van der Waals surface area contributed by atoms with Gasteiger partial charge in [-0.25, -0.2) is 4.39 Å². The van der Waals surface area contributed by atoms with E-state index in [-0.39, 0.29) is 5.82 Å². The van der Waals surface area contributed by atoms with Crippen LogP contribution in [0.4, 0.5) is 4.39 Å². The van der Waals surface area contributed by atoms with Crippen LogP contribution in [0.25, 0.3) is 5.57 Å². The first-order valence-corrected chi connectivity index (χ1v) is 12.6. The summed E-state index contributed by atoms with van der Waals surface area (Å²) in [6, 6.07) is 5.66. The molecule has 3 rings (SSSR count). The average Bonchev–Trinajstić information content (AvgIpc) is 3.05. The molecule has 6 heteroatoms. The van der Waals surface area contributed by atoms with E-state index in [1.54, 1.807) is 12.1 Å². The van der Waals surface area contributed by atoms with Gasteiger partial charge in [0, 0.05) is 43.5 Å². The van der Waals surface area contributed by atoms with Crippen LogP contribution in [-0.2, 0) is 0 Å². The summed E-state index contributed by atoms with van der Waals surface area (Å²) in [5, 5.41) is 7.03. The Kier molecular flexibility index (Phi) is 11.5. The molecule has 1 aromatic carbocycles. The van der Waals surface area contributed by atoms with Gasteiger partial charge in [0.1, 0.15) is 17.5 Å². The maximum Gasteiger partial charge on any atom is 0.131 e. The third-order valence-corrected chi connectivity index (χ3v) is 5.94. The number of halogens is 1. The maximum absolute atomic E-state index is 14.5. The Labute approximate surface area is 206 Å². The normalized spacial score (nSPS) is 21.6. The lowest BCUT2D eigenvalue weighted by atomic mass is 10.0. The molecule has 1 unspecified atom stereocenters. The number of aliphatic imine (C=N–C) groups is 1. The van der Waals surface area contributed by atoms with Crippen LogP contribution in [0.1, 0.15) is 51.7 Å². The highest BCUT2D eigenvalue weighted by molar-refractivity contribution is 5.96. The van der Waals surface area contributed by atoms with Crippen LogP contribution in [0.3, 0.4) is 0 Å². The van der Waals surface area contributed by atoms with Crippen LogP contribution < -0.4 is 10.6 Å². The van der Waals surface area contributed by atoms with Gasteiger partial charge < -0.3 is 15.5 Å². The Balaban J connectivity index is 0.00000129. The van der Waals surface area contributed by atoms with Crippen molar-refractivity contribution in [1.29, 1.82) is 0 Å². The summed E-state index contributed by atoms with van der Waals surface area (Å²) in [6.07, 6.45) is 8.02. The van der Waals surface area contributed by atoms with Crippen molar-refractivity contribution >= 4 is 11.4 Å². The molecule has 5 nitrogen and oxygen atoms in total. The largest absolute Gasteiger partial charge is 0.337 e. The number of rotatable bonds is 6. The molecular formula is C28H44FN5. The molecular weight excluding hydrogens is 425 g/mol. The van der Waals surface area contributed by atoms with Crippen LogP contribution >= 0.6 is 0 Å². The van der Waals surface area contributed by atoms with Crippen molar-refractivity contribution in [3.8, 4) is 0 Å². The minimum absolute atomic E-state index is 0.259. The number of nitrogens with one attached hydrogen (secondary N) is 2. The molecule has 2 aliphatic heterocycles. The monoisotopic (exact) mass is 469 g/mol. The van der Waals surface area contributed by atoms with Gasteiger partial charge in [-0.3, -0.25) is 9.89 Å². The Morgan fingerprint density at radius 2 is 2.06 bits per heavy atom. The zero-order chi connectivity index (χ0) is 25.1. The molecule has 1 aromatic rings. The summed E-state index contributed by atoms with van der Waals surface area (Å²) < 4.78 is 14.5. The molecule has 2 aliphatic rings. The van der Waals surface area contributed by atoms with Crippen LogP contribution in [0.5, 0.6) is 0 Å². The van der Waals surface area contributed by atoms with Crippen molar-refractivity contribution in [2.24, 2.45) is 10.9 Å². The Morgan fingerprint density at radius 1 is 1.32 bits per heavy atom.